The molecule has 29 heavy (non-hydrogen) atoms. The van der Waals surface area contributed by atoms with E-state index in [1.165, 1.54) is 43.1 Å². The van der Waals surface area contributed by atoms with Gasteiger partial charge in [-0.1, -0.05) is 71.4 Å². The fraction of sp³-hybridized carbons (Fsp3) is 0. The summed E-state index contributed by atoms with van der Waals surface area (Å²) in [6.07, 6.45) is 0. The third-order valence-corrected chi connectivity index (χ3v) is 5.06. The summed E-state index contributed by atoms with van der Waals surface area (Å²) in [4.78, 5) is 0. The first-order valence-corrected chi connectivity index (χ1v) is 9.45. The SMILES string of the molecule is [Mg+2].[c-]1cccc2cc3ccccc3cc12.[c-]1cccc2cc3ccccc3cc12. The van der Waals surface area contributed by atoms with Gasteiger partial charge in [0.25, 0.3) is 0 Å². The topological polar surface area (TPSA) is 0 Å². The van der Waals surface area contributed by atoms with Crippen LogP contribution in [0.4, 0.5) is 0 Å². The Hall–Kier alpha value is -2.87. The van der Waals surface area contributed by atoms with Gasteiger partial charge in [-0.25, -0.2) is 0 Å². The molecule has 0 bridgehead atoms. The van der Waals surface area contributed by atoms with Crippen molar-refractivity contribution in [2.24, 2.45) is 0 Å². The van der Waals surface area contributed by atoms with Gasteiger partial charge in [-0.15, -0.1) is 82.2 Å². The molecule has 0 N–H and O–H groups in total. The molecule has 0 aliphatic carbocycles. The molecule has 6 aromatic rings. The molecule has 0 aliphatic heterocycles. The Bertz CT molecular complexity index is 1090. The molecule has 6 aromatic carbocycles. The van der Waals surface area contributed by atoms with E-state index in [2.05, 4.69) is 97.1 Å². The van der Waals surface area contributed by atoms with Crippen LogP contribution in [0.25, 0.3) is 43.1 Å². The molecule has 0 unspecified atom stereocenters. The first kappa shape index (κ1) is 19.4. The van der Waals surface area contributed by atoms with Gasteiger partial charge in [-0.05, 0) is 10.8 Å². The summed E-state index contributed by atoms with van der Waals surface area (Å²) in [6, 6.07) is 44.3. The molecular weight excluding hydrogens is 361 g/mol. The van der Waals surface area contributed by atoms with Crippen LogP contribution in [0.5, 0.6) is 0 Å². The van der Waals surface area contributed by atoms with E-state index >= 15 is 0 Å². The molecular formula is C28H18Mg. The zero-order chi connectivity index (χ0) is 18.8. The normalized spacial score (nSPS) is 10.5. The van der Waals surface area contributed by atoms with Crippen LogP contribution < -0.4 is 0 Å². The Labute approximate surface area is 186 Å². The smallest absolute Gasteiger partial charge is 0.147 e. The molecule has 0 saturated heterocycles. The van der Waals surface area contributed by atoms with Crippen LogP contribution in [-0.4, -0.2) is 23.1 Å². The fourth-order valence-electron chi connectivity index (χ4n) is 3.62. The summed E-state index contributed by atoms with van der Waals surface area (Å²) < 4.78 is 0. The molecule has 0 aliphatic rings. The van der Waals surface area contributed by atoms with Crippen LogP contribution in [0.1, 0.15) is 0 Å². The Kier molecular flexibility index (Phi) is 5.80. The van der Waals surface area contributed by atoms with Gasteiger partial charge in [-0.3, -0.25) is 0 Å². The van der Waals surface area contributed by atoms with Crippen molar-refractivity contribution in [2.75, 3.05) is 0 Å². The fourth-order valence-corrected chi connectivity index (χ4v) is 3.62. The van der Waals surface area contributed by atoms with Crippen LogP contribution in [0.2, 0.25) is 0 Å². The minimum atomic E-state index is 0. The quantitative estimate of drug-likeness (QED) is 0.149. The van der Waals surface area contributed by atoms with Gasteiger partial charge in [0.2, 0.25) is 0 Å². The zero-order valence-electron chi connectivity index (χ0n) is 16.1. The Morgan fingerprint density at radius 1 is 0.379 bits per heavy atom. The minimum absolute atomic E-state index is 0. The summed E-state index contributed by atoms with van der Waals surface area (Å²) in [7, 11) is 0. The van der Waals surface area contributed by atoms with Crippen molar-refractivity contribution in [3.8, 4) is 0 Å². The van der Waals surface area contributed by atoms with E-state index in [0.29, 0.717) is 0 Å². The van der Waals surface area contributed by atoms with E-state index in [4.69, 9.17) is 0 Å². The third-order valence-electron chi connectivity index (χ3n) is 5.06. The average molecular weight is 379 g/mol. The molecule has 0 amide bonds. The molecule has 0 nitrogen and oxygen atoms in total. The van der Waals surface area contributed by atoms with E-state index < -0.39 is 0 Å². The van der Waals surface area contributed by atoms with Gasteiger partial charge in [0.15, 0.2) is 0 Å². The van der Waals surface area contributed by atoms with Gasteiger partial charge < -0.3 is 0 Å². The molecule has 0 aromatic heterocycles. The first-order chi connectivity index (χ1) is 13.9. The number of hydrogen-bond acceptors (Lipinski definition) is 0. The standard InChI is InChI=1S/2C14H9.Mg/c2*1-2-6-12-10-14-8-4-3-7-13(14)9-11(12)5-1;/h2*1-7,9-10H;/q2*-1;+2. The van der Waals surface area contributed by atoms with E-state index in [9.17, 15) is 0 Å². The Morgan fingerprint density at radius 2 is 0.724 bits per heavy atom. The van der Waals surface area contributed by atoms with Gasteiger partial charge in [0.1, 0.15) is 0 Å². The molecule has 0 heterocycles. The van der Waals surface area contributed by atoms with Crippen molar-refractivity contribution in [1.82, 2.24) is 0 Å². The van der Waals surface area contributed by atoms with Crippen LogP contribution in [0.15, 0.2) is 109 Å². The van der Waals surface area contributed by atoms with Crippen LogP contribution in [0, 0.1) is 12.1 Å². The summed E-state index contributed by atoms with van der Waals surface area (Å²) in [5, 5.41) is 10.0. The Balaban J connectivity index is 0.000000137. The van der Waals surface area contributed by atoms with Gasteiger partial charge >= 0.3 is 23.1 Å². The maximum atomic E-state index is 3.24. The first-order valence-electron chi connectivity index (χ1n) is 9.45. The number of rotatable bonds is 0. The largest absolute Gasteiger partial charge is 2.00 e. The van der Waals surface area contributed by atoms with Crippen molar-refractivity contribution in [1.29, 1.82) is 0 Å². The second-order valence-electron chi connectivity index (χ2n) is 6.91. The van der Waals surface area contributed by atoms with E-state index in [1.807, 2.05) is 24.3 Å². The molecule has 0 atom stereocenters. The van der Waals surface area contributed by atoms with Gasteiger partial charge in [0, 0.05) is 0 Å². The molecule has 132 valence electrons. The summed E-state index contributed by atoms with van der Waals surface area (Å²) in [6.45, 7) is 0. The van der Waals surface area contributed by atoms with Crippen molar-refractivity contribution in [3.05, 3.63) is 121 Å². The molecule has 0 radical (unpaired) electrons. The molecule has 0 spiro atoms. The predicted octanol–water partition coefficient (Wildman–Crippen LogP) is 7.21. The van der Waals surface area contributed by atoms with Crippen molar-refractivity contribution >= 4 is 66.1 Å². The van der Waals surface area contributed by atoms with E-state index in [0.717, 1.165) is 0 Å². The summed E-state index contributed by atoms with van der Waals surface area (Å²) >= 11 is 0. The van der Waals surface area contributed by atoms with E-state index in [1.54, 1.807) is 0 Å². The average Bonchev–Trinajstić information content (AvgIpc) is 2.76. The van der Waals surface area contributed by atoms with Crippen LogP contribution >= 0.6 is 0 Å². The molecule has 0 fully saturated rings. The van der Waals surface area contributed by atoms with Crippen molar-refractivity contribution in [3.63, 3.8) is 0 Å². The van der Waals surface area contributed by atoms with Crippen LogP contribution in [0.3, 0.4) is 0 Å². The summed E-state index contributed by atoms with van der Waals surface area (Å²) in [5.41, 5.74) is 0. The predicted molar refractivity (Wildman–Crippen MR) is 126 cm³/mol. The number of benzene rings is 6. The molecule has 6 rings (SSSR count). The van der Waals surface area contributed by atoms with Gasteiger partial charge in [0.05, 0.1) is 0 Å². The third kappa shape index (κ3) is 4.12. The van der Waals surface area contributed by atoms with Crippen molar-refractivity contribution < 1.29 is 0 Å². The van der Waals surface area contributed by atoms with Crippen molar-refractivity contribution in [2.45, 2.75) is 0 Å². The maximum absolute atomic E-state index is 3.24. The maximum Gasteiger partial charge on any atom is 2.00 e. The zero-order valence-corrected chi connectivity index (χ0v) is 17.5. The monoisotopic (exact) mass is 378 g/mol. The molecule has 0 saturated carbocycles. The minimum Gasteiger partial charge on any atom is -0.147 e. The van der Waals surface area contributed by atoms with Crippen LogP contribution in [-0.2, 0) is 0 Å². The second-order valence-corrected chi connectivity index (χ2v) is 6.91. The summed E-state index contributed by atoms with van der Waals surface area (Å²) in [5.74, 6) is 0. The molecule has 1 heteroatoms. The number of fused-ring (bicyclic) bond motifs is 4. The van der Waals surface area contributed by atoms with E-state index in [-0.39, 0.29) is 23.1 Å². The second kappa shape index (κ2) is 8.65. The Morgan fingerprint density at radius 3 is 1.14 bits per heavy atom. The van der Waals surface area contributed by atoms with Gasteiger partial charge in [-0.2, -0.15) is 0 Å². The number of hydrogen-bond donors (Lipinski definition) is 0.